The molecule has 12 nitrogen and oxygen atoms in total. The Labute approximate surface area is 255 Å². The van der Waals surface area contributed by atoms with Crippen molar-refractivity contribution in [2.24, 2.45) is 0 Å². The van der Waals surface area contributed by atoms with Crippen LogP contribution in [0.1, 0.15) is 25.0 Å². The van der Waals surface area contributed by atoms with E-state index in [1.807, 2.05) is 60.7 Å². The van der Waals surface area contributed by atoms with E-state index in [1.54, 1.807) is 35.8 Å². The van der Waals surface area contributed by atoms with Gasteiger partial charge in [0.15, 0.2) is 13.5 Å². The second-order valence-electron chi connectivity index (χ2n) is 10.4. The average Bonchev–Trinajstić information content (AvgIpc) is 3.02. The lowest BCUT2D eigenvalue weighted by Gasteiger charge is -2.43. The third-order valence-electron chi connectivity index (χ3n) is 7.50. The zero-order chi connectivity index (χ0) is 31.6. The number of hydrogen-bond acceptors (Lipinski definition) is 10. The molecule has 2 aliphatic heterocycles. The van der Waals surface area contributed by atoms with E-state index in [-0.39, 0.29) is 38.3 Å². The molecule has 4 amide bonds. The largest absolute Gasteiger partial charge is 0.441 e. The first-order valence-corrected chi connectivity index (χ1v) is 14.1. The molecule has 4 rings (SSSR count). The minimum absolute atomic E-state index is 0.108. The summed E-state index contributed by atoms with van der Waals surface area (Å²) in [5.41, 5.74) is 1.60. The summed E-state index contributed by atoms with van der Waals surface area (Å²) >= 11 is 0. The molecule has 2 aromatic carbocycles. The van der Waals surface area contributed by atoms with Gasteiger partial charge < -0.3 is 9.47 Å². The second-order valence-corrected chi connectivity index (χ2v) is 10.4. The molecule has 0 bridgehead atoms. The van der Waals surface area contributed by atoms with Crippen molar-refractivity contribution in [3.63, 3.8) is 0 Å². The molecule has 0 aromatic heterocycles. The van der Waals surface area contributed by atoms with Crippen molar-refractivity contribution in [2.45, 2.75) is 25.9 Å². The molecule has 0 spiro atoms. The minimum Gasteiger partial charge on any atom is -0.441 e. The van der Waals surface area contributed by atoms with Gasteiger partial charge >= 0.3 is 11.9 Å². The van der Waals surface area contributed by atoms with Crippen molar-refractivity contribution in [1.82, 2.24) is 19.6 Å². The van der Waals surface area contributed by atoms with Crippen molar-refractivity contribution < 1.29 is 38.2 Å². The molecule has 2 aromatic rings. The number of benzene rings is 2. The molecular weight excluding hydrogens is 568 g/mol. The van der Waals surface area contributed by atoms with Crippen molar-refractivity contribution in [1.29, 1.82) is 0 Å². The third kappa shape index (κ3) is 8.55. The summed E-state index contributed by atoms with van der Waals surface area (Å²) in [6.45, 7) is 2.18. The summed E-state index contributed by atoms with van der Waals surface area (Å²) in [5, 5.41) is 0. The highest BCUT2D eigenvalue weighted by Crippen LogP contribution is 2.18. The number of carbonyl (C=O) groups excluding carboxylic acids is 6. The zero-order valence-electron chi connectivity index (χ0n) is 24.5. The van der Waals surface area contributed by atoms with Gasteiger partial charge in [-0.3, -0.25) is 29.0 Å². The van der Waals surface area contributed by atoms with E-state index in [0.29, 0.717) is 0 Å². The van der Waals surface area contributed by atoms with Crippen LogP contribution in [-0.4, -0.2) is 107 Å². The van der Waals surface area contributed by atoms with Crippen molar-refractivity contribution in [3.05, 3.63) is 83.9 Å². The van der Waals surface area contributed by atoms with Gasteiger partial charge in [-0.2, -0.15) is 0 Å². The van der Waals surface area contributed by atoms with Crippen molar-refractivity contribution in [3.8, 4) is 0 Å². The first-order valence-electron chi connectivity index (χ1n) is 14.1. The van der Waals surface area contributed by atoms with E-state index >= 15 is 0 Å². The summed E-state index contributed by atoms with van der Waals surface area (Å²) in [4.78, 5) is 80.4. The Hall–Kier alpha value is -4.94. The van der Waals surface area contributed by atoms with Crippen LogP contribution in [0.25, 0.3) is 12.2 Å². The van der Waals surface area contributed by atoms with Gasteiger partial charge in [0.25, 0.3) is 0 Å². The van der Waals surface area contributed by atoms with Crippen LogP contribution in [0, 0.1) is 0 Å². The van der Waals surface area contributed by atoms with Crippen LogP contribution in [0.3, 0.4) is 0 Å². The van der Waals surface area contributed by atoms with Gasteiger partial charge in [-0.05, 0) is 37.1 Å². The number of amides is 4. The van der Waals surface area contributed by atoms with E-state index < -0.39 is 49.0 Å². The van der Waals surface area contributed by atoms with E-state index in [2.05, 4.69) is 0 Å². The highest BCUT2D eigenvalue weighted by molar-refractivity contribution is 6.00. The molecule has 0 N–H and O–H groups in total. The Morgan fingerprint density at radius 2 is 0.932 bits per heavy atom. The van der Waals surface area contributed by atoms with Gasteiger partial charge in [0.05, 0.1) is 26.2 Å². The predicted molar refractivity (Wildman–Crippen MR) is 159 cm³/mol. The Morgan fingerprint density at radius 3 is 1.25 bits per heavy atom. The summed E-state index contributed by atoms with van der Waals surface area (Å²) in [5.74, 6) is -3.49. The molecule has 2 aliphatic rings. The standard InChI is InChI=1S/C32H34N4O8/c1-23(33-17-27(37)35(28(38)18-33)21-43-31(41)15-13-25-9-5-3-6-10-25)24(2)34-19-29(39)36(30(40)20-34)22-44-32(42)16-14-26-11-7-4-8-12-26/h3-16,23-24H,17-22H2,1-2H3/b15-13+,16-14+. The quantitative estimate of drug-likeness (QED) is 0.212. The summed E-state index contributed by atoms with van der Waals surface area (Å²) in [7, 11) is 0. The monoisotopic (exact) mass is 602 g/mol. The lowest BCUT2D eigenvalue weighted by Crippen LogP contribution is -2.63. The average molecular weight is 603 g/mol. The summed E-state index contributed by atoms with van der Waals surface area (Å²) in [6, 6.07) is 17.5. The van der Waals surface area contributed by atoms with Gasteiger partial charge in [-0.15, -0.1) is 0 Å². The molecule has 0 radical (unpaired) electrons. The molecule has 12 heteroatoms. The number of esters is 2. The number of ether oxygens (including phenoxy) is 2. The van der Waals surface area contributed by atoms with Crippen LogP contribution in [0.5, 0.6) is 0 Å². The first kappa shape index (κ1) is 32.0. The molecule has 230 valence electrons. The molecule has 0 saturated carbocycles. The summed E-state index contributed by atoms with van der Waals surface area (Å²) in [6.07, 6.45) is 5.58. The number of hydrogen-bond donors (Lipinski definition) is 0. The maximum absolute atomic E-state index is 12.8. The topological polar surface area (TPSA) is 134 Å². The minimum atomic E-state index is -0.689. The van der Waals surface area contributed by atoms with Gasteiger partial charge in [0.2, 0.25) is 23.6 Å². The van der Waals surface area contributed by atoms with Gasteiger partial charge in [0, 0.05) is 24.2 Å². The molecule has 2 atom stereocenters. The number of carbonyl (C=O) groups is 6. The molecule has 2 heterocycles. The van der Waals surface area contributed by atoms with Gasteiger partial charge in [-0.25, -0.2) is 19.4 Å². The number of nitrogens with zero attached hydrogens (tertiary/aromatic N) is 4. The lowest BCUT2D eigenvalue weighted by molar-refractivity contribution is -0.167. The zero-order valence-corrected chi connectivity index (χ0v) is 24.5. The highest BCUT2D eigenvalue weighted by Gasteiger charge is 2.39. The Balaban J connectivity index is 1.24. The van der Waals surface area contributed by atoms with Crippen LogP contribution >= 0.6 is 0 Å². The molecule has 44 heavy (non-hydrogen) atoms. The number of rotatable bonds is 11. The maximum Gasteiger partial charge on any atom is 0.332 e. The molecular formula is C32H34N4O8. The van der Waals surface area contributed by atoms with Gasteiger partial charge in [-0.1, -0.05) is 60.7 Å². The van der Waals surface area contributed by atoms with Crippen molar-refractivity contribution >= 4 is 47.7 Å². The fourth-order valence-electron chi connectivity index (χ4n) is 4.71. The fourth-order valence-corrected chi connectivity index (χ4v) is 4.71. The van der Waals surface area contributed by atoms with E-state index in [0.717, 1.165) is 20.9 Å². The SMILES string of the molecule is CC(C(C)N1CC(=O)N(COC(=O)/C=C/c2ccccc2)C(=O)C1)N1CC(=O)N(COC(=O)/C=C/c2ccccc2)C(=O)C1. The first-order chi connectivity index (χ1) is 21.1. The van der Waals surface area contributed by atoms with Crippen molar-refractivity contribution in [2.75, 3.05) is 39.6 Å². The normalized spacial score (nSPS) is 18.2. The van der Waals surface area contributed by atoms with Crippen LogP contribution < -0.4 is 0 Å². The van der Waals surface area contributed by atoms with Crippen LogP contribution in [0.4, 0.5) is 0 Å². The van der Waals surface area contributed by atoms with Crippen LogP contribution in [0.2, 0.25) is 0 Å². The maximum atomic E-state index is 12.8. The summed E-state index contributed by atoms with van der Waals surface area (Å²) < 4.78 is 10.2. The predicted octanol–water partition coefficient (Wildman–Crippen LogP) is 1.53. The molecule has 2 saturated heterocycles. The number of imide groups is 2. The smallest absolute Gasteiger partial charge is 0.332 e. The highest BCUT2D eigenvalue weighted by atomic mass is 16.5. The Bertz CT molecular complexity index is 1300. The fraction of sp³-hybridized carbons (Fsp3) is 0.312. The third-order valence-corrected chi connectivity index (χ3v) is 7.50. The second kappa shape index (κ2) is 15.0. The Morgan fingerprint density at radius 1 is 0.614 bits per heavy atom. The lowest BCUT2D eigenvalue weighted by atomic mass is 10.1. The number of piperazine rings is 2. The molecule has 0 aliphatic carbocycles. The van der Waals surface area contributed by atoms with E-state index in [9.17, 15) is 28.8 Å². The van der Waals surface area contributed by atoms with E-state index in [4.69, 9.17) is 9.47 Å². The van der Waals surface area contributed by atoms with E-state index in [1.165, 1.54) is 12.2 Å². The molecule has 2 unspecified atom stereocenters. The molecule has 2 fully saturated rings. The van der Waals surface area contributed by atoms with Crippen LogP contribution in [0.15, 0.2) is 72.8 Å². The Kier molecular flexibility index (Phi) is 10.9. The van der Waals surface area contributed by atoms with Gasteiger partial charge in [0.1, 0.15) is 0 Å². The van der Waals surface area contributed by atoms with Crippen LogP contribution in [-0.2, 0) is 38.2 Å².